The second kappa shape index (κ2) is 5.43. The van der Waals surface area contributed by atoms with Gasteiger partial charge in [0.2, 0.25) is 0 Å². The van der Waals surface area contributed by atoms with E-state index in [0.717, 1.165) is 0 Å². The maximum absolute atomic E-state index is 11.5. The summed E-state index contributed by atoms with van der Waals surface area (Å²) >= 11 is 7.63. The number of ether oxygens (including phenoxy) is 1. The molecule has 0 bridgehead atoms. The van der Waals surface area contributed by atoms with E-state index in [0.29, 0.717) is 34.3 Å². The number of hydrogen-bond acceptors (Lipinski definition) is 5. The number of nitrogens with two attached hydrogens (primary N) is 1. The van der Waals surface area contributed by atoms with Crippen LogP contribution in [0.15, 0.2) is 29.4 Å². The number of pyridine rings is 1. The average molecular weight is 311 g/mol. The SMILES string of the molecule is NC(=O)c1cc(SC2COC2)nn1-c1ncccc1Cl. The lowest BCUT2D eigenvalue weighted by Gasteiger charge is -2.23. The Labute approximate surface area is 124 Å². The first-order valence-corrected chi connectivity index (χ1v) is 7.16. The number of rotatable bonds is 4. The normalized spacial score (nSPS) is 15.1. The summed E-state index contributed by atoms with van der Waals surface area (Å²) in [5.74, 6) is -0.185. The van der Waals surface area contributed by atoms with Gasteiger partial charge in [-0.2, -0.15) is 5.10 Å². The van der Waals surface area contributed by atoms with Gasteiger partial charge >= 0.3 is 0 Å². The molecule has 2 aromatic rings. The summed E-state index contributed by atoms with van der Waals surface area (Å²) in [6.07, 6.45) is 1.58. The van der Waals surface area contributed by atoms with Gasteiger partial charge in [0.25, 0.3) is 5.91 Å². The second-order valence-corrected chi connectivity index (χ2v) is 5.96. The van der Waals surface area contributed by atoms with E-state index in [4.69, 9.17) is 22.1 Å². The standard InChI is InChI=1S/C12H11ClN4O2S/c13-8-2-1-3-15-12(8)17-9(11(14)18)4-10(16-17)20-7-5-19-6-7/h1-4,7H,5-6H2,(H2,14,18). The van der Waals surface area contributed by atoms with Crippen LogP contribution in [0.25, 0.3) is 5.82 Å². The fourth-order valence-corrected chi connectivity index (χ4v) is 2.92. The monoisotopic (exact) mass is 310 g/mol. The molecule has 0 aliphatic carbocycles. The van der Waals surface area contributed by atoms with Gasteiger partial charge in [-0.25, -0.2) is 9.67 Å². The van der Waals surface area contributed by atoms with Crippen LogP contribution in [0.2, 0.25) is 5.02 Å². The van der Waals surface area contributed by atoms with E-state index in [1.807, 2.05) is 0 Å². The number of carbonyl (C=O) groups is 1. The third-order valence-corrected chi connectivity index (χ3v) is 4.12. The number of halogens is 1. The van der Waals surface area contributed by atoms with Crippen molar-refractivity contribution in [3.63, 3.8) is 0 Å². The molecule has 6 nitrogen and oxygen atoms in total. The highest BCUT2D eigenvalue weighted by Gasteiger charge is 2.23. The number of aromatic nitrogens is 3. The minimum Gasteiger partial charge on any atom is -0.379 e. The van der Waals surface area contributed by atoms with Crippen LogP contribution in [0.1, 0.15) is 10.5 Å². The molecule has 0 radical (unpaired) electrons. The van der Waals surface area contributed by atoms with Gasteiger partial charge in [0.15, 0.2) is 5.82 Å². The number of amides is 1. The highest BCUT2D eigenvalue weighted by molar-refractivity contribution is 8.00. The van der Waals surface area contributed by atoms with Crippen LogP contribution in [0, 0.1) is 0 Å². The van der Waals surface area contributed by atoms with Crippen LogP contribution in [0.5, 0.6) is 0 Å². The lowest BCUT2D eigenvalue weighted by atomic mass is 10.4. The van der Waals surface area contributed by atoms with Crippen molar-refractivity contribution in [3.05, 3.63) is 35.1 Å². The summed E-state index contributed by atoms with van der Waals surface area (Å²) in [6.45, 7) is 1.38. The van der Waals surface area contributed by atoms with Gasteiger partial charge in [-0.05, 0) is 12.1 Å². The van der Waals surface area contributed by atoms with Crippen molar-refractivity contribution in [2.24, 2.45) is 5.73 Å². The zero-order valence-corrected chi connectivity index (χ0v) is 11.9. The molecule has 1 fully saturated rings. The molecule has 1 saturated heterocycles. The van der Waals surface area contributed by atoms with E-state index >= 15 is 0 Å². The molecule has 1 aliphatic heterocycles. The predicted molar refractivity (Wildman–Crippen MR) is 75.4 cm³/mol. The topological polar surface area (TPSA) is 83.0 Å². The van der Waals surface area contributed by atoms with Crippen molar-refractivity contribution in [3.8, 4) is 5.82 Å². The van der Waals surface area contributed by atoms with E-state index < -0.39 is 5.91 Å². The van der Waals surface area contributed by atoms with Crippen LogP contribution in [-0.2, 0) is 4.74 Å². The van der Waals surface area contributed by atoms with E-state index in [9.17, 15) is 4.79 Å². The third kappa shape index (κ3) is 2.52. The number of nitrogens with zero attached hydrogens (tertiary/aromatic N) is 3. The van der Waals surface area contributed by atoms with Crippen LogP contribution < -0.4 is 5.73 Å². The Bertz CT molecular complexity index is 657. The minimum atomic E-state index is -0.573. The first-order valence-electron chi connectivity index (χ1n) is 5.90. The van der Waals surface area contributed by atoms with Gasteiger partial charge in [0.1, 0.15) is 10.7 Å². The molecule has 0 spiro atoms. The highest BCUT2D eigenvalue weighted by Crippen LogP contribution is 2.29. The van der Waals surface area contributed by atoms with Crippen molar-refractivity contribution >= 4 is 29.3 Å². The Morgan fingerprint density at radius 1 is 1.55 bits per heavy atom. The van der Waals surface area contributed by atoms with E-state index in [2.05, 4.69) is 10.1 Å². The van der Waals surface area contributed by atoms with Gasteiger partial charge < -0.3 is 10.5 Å². The molecule has 1 aliphatic rings. The van der Waals surface area contributed by atoms with E-state index in [-0.39, 0.29) is 5.69 Å². The Kier molecular flexibility index (Phi) is 3.64. The average Bonchev–Trinajstić information content (AvgIpc) is 2.78. The zero-order valence-electron chi connectivity index (χ0n) is 10.3. The van der Waals surface area contributed by atoms with Crippen LogP contribution >= 0.6 is 23.4 Å². The maximum atomic E-state index is 11.5. The summed E-state index contributed by atoms with van der Waals surface area (Å²) in [4.78, 5) is 15.7. The molecule has 2 N–H and O–H groups in total. The van der Waals surface area contributed by atoms with Crippen molar-refractivity contribution in [1.82, 2.24) is 14.8 Å². The lowest BCUT2D eigenvalue weighted by molar-refractivity contribution is 0.0454. The summed E-state index contributed by atoms with van der Waals surface area (Å²) < 4.78 is 6.50. The predicted octanol–water partition coefficient (Wildman–Crippen LogP) is 1.51. The molecule has 104 valence electrons. The Morgan fingerprint density at radius 3 is 2.95 bits per heavy atom. The summed E-state index contributed by atoms with van der Waals surface area (Å²) in [5.41, 5.74) is 5.65. The van der Waals surface area contributed by atoms with E-state index in [1.165, 1.54) is 4.68 Å². The van der Waals surface area contributed by atoms with Crippen LogP contribution in [0.3, 0.4) is 0 Å². The summed E-state index contributed by atoms with van der Waals surface area (Å²) in [5, 5.41) is 5.83. The minimum absolute atomic E-state index is 0.258. The first kappa shape index (κ1) is 13.4. The smallest absolute Gasteiger partial charge is 0.267 e. The first-order chi connectivity index (χ1) is 9.65. The molecule has 3 rings (SSSR count). The number of carbonyl (C=O) groups excluding carboxylic acids is 1. The number of hydrogen-bond donors (Lipinski definition) is 1. The molecule has 20 heavy (non-hydrogen) atoms. The van der Waals surface area contributed by atoms with Crippen LogP contribution in [-0.4, -0.2) is 39.1 Å². The van der Waals surface area contributed by atoms with Crippen molar-refractivity contribution in [2.75, 3.05) is 13.2 Å². The van der Waals surface area contributed by atoms with Crippen molar-refractivity contribution < 1.29 is 9.53 Å². The molecule has 0 aromatic carbocycles. The molecule has 3 heterocycles. The van der Waals surface area contributed by atoms with Gasteiger partial charge in [-0.3, -0.25) is 4.79 Å². The molecule has 0 atom stereocenters. The molecular formula is C12H11ClN4O2S. The van der Waals surface area contributed by atoms with Crippen LogP contribution in [0.4, 0.5) is 0 Å². The fourth-order valence-electron chi connectivity index (χ4n) is 1.74. The third-order valence-electron chi connectivity index (χ3n) is 2.77. The lowest BCUT2D eigenvalue weighted by Crippen LogP contribution is -2.30. The van der Waals surface area contributed by atoms with Gasteiger partial charge in [0.05, 0.1) is 23.5 Å². The molecular weight excluding hydrogens is 300 g/mol. The highest BCUT2D eigenvalue weighted by atomic mass is 35.5. The molecule has 2 aromatic heterocycles. The molecule has 0 saturated carbocycles. The largest absolute Gasteiger partial charge is 0.379 e. The fraction of sp³-hybridized carbons (Fsp3) is 0.250. The van der Waals surface area contributed by atoms with Crippen molar-refractivity contribution in [2.45, 2.75) is 10.3 Å². The molecule has 0 unspecified atom stereocenters. The molecule has 8 heteroatoms. The Hall–Kier alpha value is -1.57. The number of primary amides is 1. The van der Waals surface area contributed by atoms with Gasteiger partial charge in [0, 0.05) is 12.3 Å². The van der Waals surface area contributed by atoms with Gasteiger partial charge in [-0.15, -0.1) is 0 Å². The Morgan fingerprint density at radius 2 is 2.35 bits per heavy atom. The molecule has 1 amide bonds. The second-order valence-electron chi connectivity index (χ2n) is 4.23. The van der Waals surface area contributed by atoms with Crippen molar-refractivity contribution in [1.29, 1.82) is 0 Å². The summed E-state index contributed by atoms with van der Waals surface area (Å²) in [7, 11) is 0. The quantitative estimate of drug-likeness (QED) is 0.925. The zero-order chi connectivity index (χ0) is 14.1. The summed E-state index contributed by atoms with van der Waals surface area (Å²) in [6, 6.07) is 5.04. The number of thioether (sulfide) groups is 1. The van der Waals surface area contributed by atoms with E-state index in [1.54, 1.807) is 36.2 Å². The van der Waals surface area contributed by atoms with Gasteiger partial charge in [-0.1, -0.05) is 23.4 Å². The Balaban J connectivity index is 2.00. The maximum Gasteiger partial charge on any atom is 0.267 e.